The van der Waals surface area contributed by atoms with E-state index in [9.17, 15) is 0 Å². The first-order chi connectivity index (χ1) is 13.3. The van der Waals surface area contributed by atoms with Crippen LogP contribution in [0.2, 0.25) is 0 Å². The van der Waals surface area contributed by atoms with Crippen LogP contribution in [-0.2, 0) is 13.1 Å². The van der Waals surface area contributed by atoms with Crippen molar-refractivity contribution in [3.05, 3.63) is 42.4 Å². The van der Waals surface area contributed by atoms with E-state index < -0.39 is 0 Å². The molecule has 7 nitrogen and oxygen atoms in total. The van der Waals surface area contributed by atoms with Crippen LogP contribution in [0.1, 0.15) is 38.2 Å². The highest BCUT2D eigenvalue weighted by Crippen LogP contribution is 2.18. The Morgan fingerprint density at radius 1 is 1.19 bits per heavy atom. The Morgan fingerprint density at radius 3 is 2.85 bits per heavy atom. The van der Waals surface area contributed by atoms with Crippen LogP contribution in [0.4, 0.5) is 5.82 Å². The van der Waals surface area contributed by atoms with Crippen LogP contribution in [0, 0.1) is 0 Å². The standard InChI is InChI=1S/C20H31N7/c1-2-21-20(23-9-6-14-27-15-7-10-25-27)24-17-18-8-11-22-19(16-18)26-12-4-3-5-13-26/h7-8,10-11,15-16H,2-6,9,12-14,17H2,1H3,(H2,21,23,24). The van der Waals surface area contributed by atoms with Gasteiger partial charge in [-0.05, 0) is 56.4 Å². The second-order valence-electron chi connectivity index (χ2n) is 6.81. The molecule has 2 N–H and O–H groups in total. The van der Waals surface area contributed by atoms with Gasteiger partial charge < -0.3 is 15.5 Å². The van der Waals surface area contributed by atoms with Gasteiger partial charge in [0.25, 0.3) is 0 Å². The maximum absolute atomic E-state index is 4.73. The topological polar surface area (TPSA) is 70.4 Å². The molecule has 0 radical (unpaired) electrons. The fraction of sp³-hybridized carbons (Fsp3) is 0.550. The van der Waals surface area contributed by atoms with Crippen LogP contribution < -0.4 is 15.5 Å². The number of aryl methyl sites for hydroxylation is 1. The van der Waals surface area contributed by atoms with E-state index in [0.29, 0.717) is 6.54 Å². The molecule has 0 saturated carbocycles. The van der Waals surface area contributed by atoms with E-state index in [4.69, 9.17) is 4.99 Å². The largest absolute Gasteiger partial charge is 0.357 e. The molecule has 0 aromatic carbocycles. The first-order valence-corrected chi connectivity index (χ1v) is 10.0. The first-order valence-electron chi connectivity index (χ1n) is 10.0. The van der Waals surface area contributed by atoms with E-state index in [2.05, 4.69) is 44.7 Å². The highest BCUT2D eigenvalue weighted by atomic mass is 15.3. The van der Waals surface area contributed by atoms with Crippen molar-refractivity contribution in [3.8, 4) is 0 Å². The third-order valence-corrected chi connectivity index (χ3v) is 4.67. The number of aromatic nitrogens is 3. The fourth-order valence-corrected chi connectivity index (χ4v) is 3.25. The molecule has 0 atom stereocenters. The molecule has 27 heavy (non-hydrogen) atoms. The minimum Gasteiger partial charge on any atom is -0.357 e. The van der Waals surface area contributed by atoms with Gasteiger partial charge >= 0.3 is 0 Å². The van der Waals surface area contributed by atoms with E-state index in [1.807, 2.05) is 29.3 Å². The van der Waals surface area contributed by atoms with Crippen LogP contribution in [0.15, 0.2) is 41.8 Å². The monoisotopic (exact) mass is 369 g/mol. The third-order valence-electron chi connectivity index (χ3n) is 4.67. The van der Waals surface area contributed by atoms with Gasteiger partial charge in [-0.1, -0.05) is 0 Å². The fourth-order valence-electron chi connectivity index (χ4n) is 3.25. The van der Waals surface area contributed by atoms with Crippen molar-refractivity contribution in [2.75, 3.05) is 31.1 Å². The van der Waals surface area contributed by atoms with E-state index in [1.165, 1.54) is 24.8 Å². The number of hydrogen-bond acceptors (Lipinski definition) is 4. The average molecular weight is 370 g/mol. The van der Waals surface area contributed by atoms with Crippen molar-refractivity contribution < 1.29 is 0 Å². The van der Waals surface area contributed by atoms with E-state index in [-0.39, 0.29) is 0 Å². The normalized spacial score (nSPS) is 15.0. The SMILES string of the molecule is CCNC(=NCc1ccnc(N2CCCCC2)c1)NCCCn1cccn1. The predicted octanol–water partition coefficient (Wildman–Crippen LogP) is 2.41. The molecule has 0 amide bonds. The number of piperidine rings is 1. The van der Waals surface area contributed by atoms with Crippen LogP contribution in [-0.4, -0.2) is 46.9 Å². The summed E-state index contributed by atoms with van der Waals surface area (Å²) in [6, 6.07) is 6.18. The molecule has 0 unspecified atom stereocenters. The number of pyridine rings is 1. The lowest BCUT2D eigenvalue weighted by molar-refractivity contribution is 0.570. The molecular weight excluding hydrogens is 338 g/mol. The molecule has 146 valence electrons. The summed E-state index contributed by atoms with van der Waals surface area (Å²) in [7, 11) is 0. The summed E-state index contributed by atoms with van der Waals surface area (Å²) in [6.45, 7) is 7.57. The van der Waals surface area contributed by atoms with Crippen LogP contribution >= 0.6 is 0 Å². The summed E-state index contributed by atoms with van der Waals surface area (Å²) in [6.07, 6.45) is 10.6. The van der Waals surface area contributed by atoms with Gasteiger partial charge in [-0.2, -0.15) is 5.10 Å². The number of guanidine groups is 1. The number of rotatable bonds is 8. The maximum atomic E-state index is 4.73. The highest BCUT2D eigenvalue weighted by molar-refractivity contribution is 5.79. The molecule has 2 aromatic rings. The number of nitrogens with one attached hydrogen (secondary N) is 2. The molecule has 7 heteroatoms. The molecule has 3 heterocycles. The van der Waals surface area contributed by atoms with Crippen molar-refractivity contribution in [1.82, 2.24) is 25.4 Å². The van der Waals surface area contributed by atoms with Crippen LogP contribution in [0.5, 0.6) is 0 Å². The molecule has 3 rings (SSSR count). The number of anilines is 1. The van der Waals surface area contributed by atoms with Crippen molar-refractivity contribution in [3.63, 3.8) is 0 Å². The van der Waals surface area contributed by atoms with Crippen molar-refractivity contribution >= 4 is 11.8 Å². The van der Waals surface area contributed by atoms with Gasteiger partial charge in [0.15, 0.2) is 5.96 Å². The minimum atomic E-state index is 0.651. The Hall–Kier alpha value is -2.57. The molecular formula is C20H31N7. The Balaban J connectivity index is 1.51. The number of aliphatic imine (C=N–C) groups is 1. The van der Waals surface area contributed by atoms with Crippen LogP contribution in [0.3, 0.4) is 0 Å². The zero-order chi connectivity index (χ0) is 18.7. The number of hydrogen-bond donors (Lipinski definition) is 2. The van der Waals surface area contributed by atoms with E-state index >= 15 is 0 Å². The minimum absolute atomic E-state index is 0.651. The van der Waals surface area contributed by atoms with E-state index in [1.54, 1.807) is 0 Å². The lowest BCUT2D eigenvalue weighted by atomic mass is 10.1. The Morgan fingerprint density at radius 2 is 2.07 bits per heavy atom. The molecule has 0 spiro atoms. The average Bonchev–Trinajstić information content (AvgIpc) is 3.24. The van der Waals surface area contributed by atoms with Gasteiger partial charge in [0, 0.05) is 51.3 Å². The van der Waals surface area contributed by atoms with Crippen LogP contribution in [0.25, 0.3) is 0 Å². The molecule has 2 aromatic heterocycles. The summed E-state index contributed by atoms with van der Waals surface area (Å²) >= 11 is 0. The maximum Gasteiger partial charge on any atom is 0.191 e. The first kappa shape index (κ1) is 19.2. The second-order valence-corrected chi connectivity index (χ2v) is 6.81. The Labute approximate surface area is 161 Å². The lowest BCUT2D eigenvalue weighted by Gasteiger charge is -2.27. The molecule has 0 bridgehead atoms. The van der Waals surface area contributed by atoms with Gasteiger partial charge in [0.05, 0.1) is 6.54 Å². The van der Waals surface area contributed by atoms with Gasteiger partial charge in [0.2, 0.25) is 0 Å². The molecule has 1 aliphatic heterocycles. The smallest absolute Gasteiger partial charge is 0.191 e. The quantitative estimate of drug-likeness (QED) is 0.425. The van der Waals surface area contributed by atoms with E-state index in [0.717, 1.165) is 50.9 Å². The van der Waals surface area contributed by atoms with Gasteiger partial charge in [0.1, 0.15) is 5.82 Å². The summed E-state index contributed by atoms with van der Waals surface area (Å²) in [5.41, 5.74) is 1.19. The summed E-state index contributed by atoms with van der Waals surface area (Å²) in [5, 5.41) is 10.9. The molecule has 1 fully saturated rings. The summed E-state index contributed by atoms with van der Waals surface area (Å²) in [4.78, 5) is 11.7. The highest BCUT2D eigenvalue weighted by Gasteiger charge is 2.12. The molecule has 0 aliphatic carbocycles. The molecule has 1 saturated heterocycles. The summed E-state index contributed by atoms with van der Waals surface area (Å²) in [5.74, 6) is 1.94. The van der Waals surface area contributed by atoms with Crippen molar-refractivity contribution in [2.45, 2.75) is 45.7 Å². The third kappa shape index (κ3) is 6.27. The zero-order valence-electron chi connectivity index (χ0n) is 16.3. The molecule has 1 aliphatic rings. The zero-order valence-corrected chi connectivity index (χ0v) is 16.3. The predicted molar refractivity (Wildman–Crippen MR) is 110 cm³/mol. The van der Waals surface area contributed by atoms with Crippen molar-refractivity contribution in [2.24, 2.45) is 4.99 Å². The second kappa shape index (κ2) is 10.5. The van der Waals surface area contributed by atoms with Gasteiger partial charge in [-0.15, -0.1) is 0 Å². The van der Waals surface area contributed by atoms with Gasteiger partial charge in [-0.25, -0.2) is 9.98 Å². The lowest BCUT2D eigenvalue weighted by Crippen LogP contribution is -2.38. The van der Waals surface area contributed by atoms with Gasteiger partial charge in [-0.3, -0.25) is 4.68 Å². The van der Waals surface area contributed by atoms with Crippen molar-refractivity contribution in [1.29, 1.82) is 0 Å². The Kier molecular flexibility index (Phi) is 7.50. The number of nitrogens with zero attached hydrogens (tertiary/aromatic N) is 5. The summed E-state index contributed by atoms with van der Waals surface area (Å²) < 4.78 is 1.95. The Bertz CT molecular complexity index is 690.